The van der Waals surface area contributed by atoms with Crippen LogP contribution in [0.25, 0.3) is 11.4 Å². The van der Waals surface area contributed by atoms with E-state index in [4.69, 9.17) is 6.85 Å². The van der Waals surface area contributed by atoms with Crippen molar-refractivity contribution in [1.82, 2.24) is 9.13 Å². The van der Waals surface area contributed by atoms with Crippen LogP contribution in [0.3, 0.4) is 0 Å². The number of nitrogens with zero attached hydrogens (tertiary/aromatic N) is 2. The van der Waals surface area contributed by atoms with Gasteiger partial charge in [0.25, 0.3) is 11.1 Å². The molecule has 0 bridgehead atoms. The number of hydrogen-bond acceptors (Lipinski definition) is 2. The van der Waals surface area contributed by atoms with Crippen LogP contribution in [0.15, 0.2) is 107 Å². The Morgan fingerprint density at radius 1 is 0.724 bits per heavy atom. The number of aromatic nitrogens is 2. The first kappa shape index (κ1) is 14.4. The first-order valence-corrected chi connectivity index (χ1v) is 9.04. The Kier molecular flexibility index (Phi) is 4.71. The highest BCUT2D eigenvalue weighted by Gasteiger charge is 1.99. The molecule has 0 unspecified atom stereocenters. The zero-order valence-corrected chi connectivity index (χ0v) is 15.9. The van der Waals surface area contributed by atoms with E-state index >= 15 is 0 Å². The molecular weight excluding hydrogens is 360 g/mol. The lowest BCUT2D eigenvalue weighted by Crippen LogP contribution is -2.16. The fourth-order valence-electron chi connectivity index (χ4n) is 2.70. The molecule has 0 spiro atoms. The molecule has 0 aliphatic heterocycles. The van der Waals surface area contributed by atoms with Gasteiger partial charge in [0.15, 0.2) is 0 Å². The van der Waals surface area contributed by atoms with E-state index in [1.807, 2.05) is 36.4 Å². The Balaban J connectivity index is 0.000000191. The first-order valence-electron chi connectivity index (χ1n) is 11.5. The zero-order chi connectivity index (χ0) is 24.9. The summed E-state index contributed by atoms with van der Waals surface area (Å²) in [6.45, 7) is -0.730. The zero-order valence-electron chi connectivity index (χ0n) is 20.9. The standard InChI is InChI=1S/C13H13NO.C12H11NO/c1-2-11-8-9-13(15)14(10-11)12-6-4-3-5-7-12;1-10-7-8-12(14)13(9-10)11-5-3-2-4-6-11/h3-10H,2H2,1H3;2-9H,1H3/i2D2;1D3. The van der Waals surface area contributed by atoms with E-state index in [-0.39, 0.29) is 16.7 Å². The lowest BCUT2D eigenvalue weighted by atomic mass is 10.2. The third-order valence-corrected chi connectivity index (χ3v) is 4.18. The van der Waals surface area contributed by atoms with E-state index in [0.717, 1.165) is 5.69 Å². The smallest absolute Gasteiger partial charge is 0.255 e. The molecule has 0 saturated carbocycles. The lowest BCUT2D eigenvalue weighted by Gasteiger charge is -2.06. The second kappa shape index (κ2) is 9.51. The predicted octanol–water partition coefficient (Wildman–Crippen LogP) is 4.55. The van der Waals surface area contributed by atoms with E-state index in [1.165, 1.54) is 46.5 Å². The Morgan fingerprint density at radius 3 is 1.76 bits per heavy atom. The molecule has 0 atom stereocenters. The summed E-state index contributed by atoms with van der Waals surface area (Å²) < 4.78 is 40.1. The number of rotatable bonds is 3. The number of hydrogen-bond donors (Lipinski definition) is 0. The van der Waals surface area contributed by atoms with Gasteiger partial charge in [-0.2, -0.15) is 0 Å². The van der Waals surface area contributed by atoms with E-state index in [0.29, 0.717) is 11.3 Å². The van der Waals surface area contributed by atoms with Crippen LogP contribution in [0.2, 0.25) is 0 Å². The van der Waals surface area contributed by atoms with E-state index in [1.54, 1.807) is 30.5 Å². The van der Waals surface area contributed by atoms with E-state index in [2.05, 4.69) is 0 Å². The lowest BCUT2D eigenvalue weighted by molar-refractivity contribution is 0.953. The molecule has 29 heavy (non-hydrogen) atoms. The average molecular weight is 390 g/mol. The van der Waals surface area contributed by atoms with E-state index < -0.39 is 13.2 Å². The highest BCUT2D eigenvalue weighted by molar-refractivity contribution is 5.33. The third kappa shape index (κ3) is 5.20. The Morgan fingerprint density at radius 2 is 1.24 bits per heavy atom. The molecule has 4 rings (SSSR count). The van der Waals surface area contributed by atoms with Crippen LogP contribution in [0.1, 0.15) is 24.9 Å². The summed E-state index contributed by atoms with van der Waals surface area (Å²) in [4.78, 5) is 23.4. The van der Waals surface area contributed by atoms with Crippen LogP contribution in [0, 0.1) is 6.85 Å². The second-order valence-electron chi connectivity index (χ2n) is 6.17. The van der Waals surface area contributed by atoms with Crippen molar-refractivity contribution >= 4 is 0 Å². The van der Waals surface area contributed by atoms with Crippen molar-refractivity contribution in [2.75, 3.05) is 0 Å². The van der Waals surface area contributed by atoms with Gasteiger partial charge in [-0.05, 0) is 48.6 Å². The maximum atomic E-state index is 11.7. The van der Waals surface area contributed by atoms with Gasteiger partial charge in [0.2, 0.25) is 0 Å². The molecule has 2 heterocycles. The van der Waals surface area contributed by atoms with Crippen LogP contribution in [0.5, 0.6) is 0 Å². The van der Waals surface area contributed by atoms with Gasteiger partial charge in [-0.25, -0.2) is 0 Å². The van der Waals surface area contributed by atoms with Gasteiger partial charge in [0.05, 0.1) is 0 Å². The highest BCUT2D eigenvalue weighted by Crippen LogP contribution is 2.06. The van der Waals surface area contributed by atoms with E-state index in [9.17, 15) is 9.59 Å². The van der Waals surface area contributed by atoms with Crippen molar-refractivity contribution < 1.29 is 6.85 Å². The fourth-order valence-corrected chi connectivity index (χ4v) is 2.70. The fraction of sp³-hybridized carbons (Fsp3) is 0.120. The normalized spacial score (nSPS) is 13.6. The molecule has 0 amide bonds. The largest absolute Gasteiger partial charge is 0.284 e. The predicted molar refractivity (Wildman–Crippen MR) is 118 cm³/mol. The van der Waals surface area contributed by atoms with Gasteiger partial charge in [-0.3, -0.25) is 18.7 Å². The summed E-state index contributed by atoms with van der Waals surface area (Å²) in [6.07, 6.45) is 1.46. The molecule has 4 aromatic rings. The topological polar surface area (TPSA) is 44.0 Å². The number of pyridine rings is 2. The van der Waals surface area contributed by atoms with Crippen LogP contribution in [0.4, 0.5) is 0 Å². The van der Waals surface area contributed by atoms with Crippen molar-refractivity contribution in [3.05, 3.63) is 129 Å². The molecule has 0 saturated heterocycles. The maximum Gasteiger partial charge on any atom is 0.255 e. The van der Waals surface area contributed by atoms with Gasteiger partial charge in [0.1, 0.15) is 0 Å². The third-order valence-electron chi connectivity index (χ3n) is 4.18. The first-order chi connectivity index (χ1) is 16.0. The second-order valence-corrected chi connectivity index (χ2v) is 6.17. The van der Waals surface area contributed by atoms with Crippen molar-refractivity contribution in [3.8, 4) is 11.4 Å². The quantitative estimate of drug-likeness (QED) is 0.516. The maximum absolute atomic E-state index is 11.7. The van der Waals surface area contributed by atoms with Crippen molar-refractivity contribution in [2.45, 2.75) is 20.1 Å². The highest BCUT2D eigenvalue weighted by atomic mass is 16.1. The summed E-state index contributed by atoms with van der Waals surface area (Å²) in [5.74, 6) is 0. The average Bonchev–Trinajstić information content (AvgIpc) is 2.80. The number of para-hydroxylation sites is 2. The summed E-state index contributed by atoms with van der Waals surface area (Å²) in [6, 6.07) is 23.7. The van der Waals surface area contributed by atoms with Crippen LogP contribution in [-0.2, 0) is 6.37 Å². The molecule has 0 aliphatic rings. The van der Waals surface area contributed by atoms with Gasteiger partial charge >= 0.3 is 0 Å². The van der Waals surface area contributed by atoms with Gasteiger partial charge in [-0.1, -0.05) is 55.5 Å². The molecule has 4 heteroatoms. The molecule has 0 N–H and O–H groups in total. The molecule has 0 radical (unpaired) electrons. The summed E-state index contributed by atoms with van der Waals surface area (Å²) >= 11 is 0. The minimum absolute atomic E-state index is 0.154. The van der Waals surface area contributed by atoms with Crippen LogP contribution < -0.4 is 11.1 Å². The van der Waals surface area contributed by atoms with Crippen molar-refractivity contribution in [2.24, 2.45) is 0 Å². The van der Waals surface area contributed by atoms with Gasteiger partial charge in [-0.15, -0.1) is 0 Å². The number of aryl methyl sites for hydroxylation is 2. The minimum atomic E-state index is -2.20. The Hall–Kier alpha value is -3.66. The molecule has 2 aromatic carbocycles. The monoisotopic (exact) mass is 389 g/mol. The summed E-state index contributed by atoms with van der Waals surface area (Å²) in [7, 11) is 0. The molecule has 4 nitrogen and oxygen atoms in total. The van der Waals surface area contributed by atoms with Crippen LogP contribution >= 0.6 is 0 Å². The molecule has 0 aliphatic carbocycles. The van der Waals surface area contributed by atoms with Gasteiger partial charge < -0.3 is 0 Å². The minimum Gasteiger partial charge on any atom is -0.284 e. The Bertz CT molecular complexity index is 1250. The molecule has 0 fully saturated rings. The summed E-state index contributed by atoms with van der Waals surface area (Å²) in [5.41, 5.74) is 1.63. The number of benzene rings is 2. The molecule has 146 valence electrons. The summed E-state index contributed by atoms with van der Waals surface area (Å²) in [5, 5.41) is 0. The molecular formula is C25H24N2O2. The Labute approximate surface area is 177 Å². The molecule has 2 aromatic heterocycles. The van der Waals surface area contributed by atoms with Crippen molar-refractivity contribution in [1.29, 1.82) is 0 Å². The van der Waals surface area contributed by atoms with Crippen LogP contribution in [-0.4, -0.2) is 9.13 Å². The SMILES string of the molecule is [2H]C([2H])(C)c1ccc(=O)n(-c2ccccc2)c1.[2H]C([2H])([2H])c1ccc(=O)n(-c2ccccc2)c1. The van der Waals surface area contributed by atoms with Crippen molar-refractivity contribution in [3.63, 3.8) is 0 Å². The van der Waals surface area contributed by atoms with Gasteiger partial charge in [0, 0.05) is 42.8 Å².